The molecule has 0 saturated carbocycles. The maximum atomic E-state index is 13.6. The highest BCUT2D eigenvalue weighted by Gasteiger charge is 2.20. The molecule has 5 rings (SSSR count). The summed E-state index contributed by atoms with van der Waals surface area (Å²) in [5.41, 5.74) is 3.45. The van der Waals surface area contributed by atoms with Crippen LogP contribution in [0.25, 0.3) is 21.3 Å². The second-order valence-corrected chi connectivity index (χ2v) is 9.80. The lowest BCUT2D eigenvalue weighted by molar-refractivity contribution is 0.102. The minimum Gasteiger partial charge on any atom is -0.492 e. The fraction of sp³-hybridized carbons (Fsp3) is 0.167. The van der Waals surface area contributed by atoms with E-state index in [0.29, 0.717) is 47.5 Å². The summed E-state index contributed by atoms with van der Waals surface area (Å²) < 4.78 is 25.5. The van der Waals surface area contributed by atoms with Gasteiger partial charge in [0.25, 0.3) is 5.91 Å². The van der Waals surface area contributed by atoms with Gasteiger partial charge in [0, 0.05) is 28.1 Å². The lowest BCUT2D eigenvalue weighted by atomic mass is 10.0. The molecule has 0 bridgehead atoms. The average Bonchev–Trinajstić information content (AvgIpc) is 3.28. The fourth-order valence-corrected chi connectivity index (χ4v) is 5.33. The summed E-state index contributed by atoms with van der Waals surface area (Å²) in [6, 6.07) is 18.9. The molecule has 39 heavy (non-hydrogen) atoms. The summed E-state index contributed by atoms with van der Waals surface area (Å²) in [6.07, 6.45) is 1.51. The van der Waals surface area contributed by atoms with Crippen LogP contribution in [0.15, 0.2) is 73.1 Å². The largest absolute Gasteiger partial charge is 0.492 e. The number of rotatable bonds is 9. The normalized spacial score (nSPS) is 10.9. The van der Waals surface area contributed by atoms with Crippen LogP contribution in [0.3, 0.4) is 0 Å². The van der Waals surface area contributed by atoms with Crippen LogP contribution < -0.4 is 20.1 Å². The van der Waals surface area contributed by atoms with Crippen molar-refractivity contribution in [1.82, 2.24) is 9.97 Å². The van der Waals surface area contributed by atoms with Crippen molar-refractivity contribution in [2.24, 2.45) is 0 Å². The van der Waals surface area contributed by atoms with Crippen molar-refractivity contribution in [3.05, 3.63) is 89.3 Å². The van der Waals surface area contributed by atoms with Crippen LogP contribution in [0.5, 0.6) is 11.5 Å². The first kappa shape index (κ1) is 26.1. The maximum absolute atomic E-state index is 13.6. The number of hydrogen-bond acceptors (Lipinski definition) is 7. The van der Waals surface area contributed by atoms with Gasteiger partial charge < -0.3 is 20.1 Å². The average molecular weight is 543 g/mol. The van der Waals surface area contributed by atoms with Gasteiger partial charge in [0.05, 0.1) is 30.0 Å². The van der Waals surface area contributed by atoms with E-state index in [2.05, 4.69) is 20.6 Å². The van der Waals surface area contributed by atoms with Crippen molar-refractivity contribution in [2.75, 3.05) is 23.8 Å². The lowest BCUT2D eigenvalue weighted by Crippen LogP contribution is -2.13. The van der Waals surface area contributed by atoms with Crippen molar-refractivity contribution in [3.8, 4) is 22.6 Å². The van der Waals surface area contributed by atoms with Gasteiger partial charge in [0.2, 0.25) is 0 Å². The van der Waals surface area contributed by atoms with E-state index in [9.17, 15) is 9.18 Å². The Kier molecular flexibility index (Phi) is 7.69. The number of carbonyl (C=O) groups is 1. The quantitative estimate of drug-likeness (QED) is 0.200. The highest BCUT2D eigenvalue weighted by atomic mass is 32.1. The van der Waals surface area contributed by atoms with E-state index in [-0.39, 0.29) is 11.7 Å². The van der Waals surface area contributed by atoms with Gasteiger partial charge in [-0.3, -0.25) is 4.79 Å². The zero-order chi connectivity index (χ0) is 27.4. The third kappa shape index (κ3) is 5.53. The molecule has 9 heteroatoms. The Hall–Kier alpha value is -4.50. The van der Waals surface area contributed by atoms with Crippen LogP contribution in [0.4, 0.5) is 21.6 Å². The van der Waals surface area contributed by atoms with Crippen LogP contribution in [0, 0.1) is 12.7 Å². The van der Waals surface area contributed by atoms with E-state index in [1.54, 1.807) is 47.7 Å². The molecule has 3 aromatic carbocycles. The highest BCUT2D eigenvalue weighted by molar-refractivity contribution is 7.19. The highest BCUT2D eigenvalue weighted by Crippen LogP contribution is 2.43. The molecule has 2 aromatic heterocycles. The van der Waals surface area contributed by atoms with Crippen LogP contribution in [0.2, 0.25) is 0 Å². The summed E-state index contributed by atoms with van der Waals surface area (Å²) in [5.74, 6) is 1.03. The third-order valence-corrected chi connectivity index (χ3v) is 7.03. The molecule has 0 aliphatic rings. The summed E-state index contributed by atoms with van der Waals surface area (Å²) >= 11 is 1.55. The van der Waals surface area contributed by atoms with Crippen molar-refractivity contribution in [1.29, 1.82) is 0 Å². The molecule has 0 unspecified atom stereocenters. The Bertz CT molecular complexity index is 1620. The molecular weight excluding hydrogens is 515 g/mol. The Morgan fingerprint density at radius 2 is 1.59 bits per heavy atom. The topological polar surface area (TPSA) is 85.4 Å². The molecule has 0 radical (unpaired) electrons. The smallest absolute Gasteiger partial charge is 0.255 e. The van der Waals surface area contributed by atoms with Crippen LogP contribution in [0.1, 0.15) is 29.1 Å². The molecule has 0 aliphatic carbocycles. The van der Waals surface area contributed by atoms with E-state index >= 15 is 0 Å². The summed E-state index contributed by atoms with van der Waals surface area (Å²) in [6.45, 7) is 6.59. The van der Waals surface area contributed by atoms with E-state index in [0.717, 1.165) is 26.2 Å². The number of carbonyl (C=O) groups excluding carboxylic acids is 1. The van der Waals surface area contributed by atoms with Gasteiger partial charge in [-0.1, -0.05) is 30.3 Å². The number of ether oxygens (including phenoxy) is 2. The molecule has 0 aliphatic heterocycles. The number of fused-ring (bicyclic) bond motifs is 1. The lowest BCUT2D eigenvalue weighted by Gasteiger charge is -2.18. The number of halogens is 1. The van der Waals surface area contributed by atoms with E-state index in [1.807, 2.05) is 39.0 Å². The monoisotopic (exact) mass is 542 g/mol. The molecule has 2 N–H and O–H groups in total. The SMILES string of the molecule is CCOc1cc(Nc2ncnc3sc(C)c(-c4ccc(F)cc4)c23)c(OCC)cc1NC(=O)c1ccccc1. The number of nitrogens with one attached hydrogen (secondary N) is 2. The van der Waals surface area contributed by atoms with Crippen LogP contribution in [-0.2, 0) is 0 Å². The first-order chi connectivity index (χ1) is 19.0. The zero-order valence-electron chi connectivity index (χ0n) is 21.7. The van der Waals surface area contributed by atoms with Crippen molar-refractivity contribution in [2.45, 2.75) is 20.8 Å². The number of aromatic nitrogens is 2. The van der Waals surface area contributed by atoms with Gasteiger partial charge in [-0.25, -0.2) is 14.4 Å². The van der Waals surface area contributed by atoms with E-state index < -0.39 is 0 Å². The van der Waals surface area contributed by atoms with Gasteiger partial charge in [-0.2, -0.15) is 0 Å². The van der Waals surface area contributed by atoms with E-state index in [4.69, 9.17) is 9.47 Å². The Balaban J connectivity index is 1.58. The maximum Gasteiger partial charge on any atom is 0.255 e. The molecule has 7 nitrogen and oxygen atoms in total. The molecule has 1 amide bonds. The molecule has 0 atom stereocenters. The zero-order valence-corrected chi connectivity index (χ0v) is 22.6. The number of benzene rings is 3. The van der Waals surface area contributed by atoms with Crippen molar-refractivity contribution < 1.29 is 18.7 Å². The number of aryl methyl sites for hydroxylation is 1. The van der Waals surface area contributed by atoms with Gasteiger partial charge in [-0.05, 0) is 50.6 Å². The minimum atomic E-state index is -0.296. The number of amides is 1. The summed E-state index contributed by atoms with van der Waals surface area (Å²) in [4.78, 5) is 23.8. The first-order valence-corrected chi connectivity index (χ1v) is 13.4. The van der Waals surface area contributed by atoms with Crippen molar-refractivity contribution in [3.63, 3.8) is 0 Å². The molecular formula is C30H27FN4O3S. The second-order valence-electron chi connectivity index (χ2n) is 8.60. The standard InChI is InChI=1S/C30H27FN4O3S/c1-4-37-24-16-23(35-29(36)20-9-7-6-8-10-20)25(38-5-2)15-22(24)34-28-27-26(19-11-13-21(31)14-12-19)18(3)39-30(27)33-17-32-28/h6-17H,4-5H2,1-3H3,(H,35,36)(H,32,33,34). The number of hydrogen-bond donors (Lipinski definition) is 2. The second kappa shape index (κ2) is 11.5. The fourth-order valence-electron chi connectivity index (χ4n) is 4.32. The predicted octanol–water partition coefficient (Wildman–Crippen LogP) is 7.60. The van der Waals surface area contributed by atoms with Gasteiger partial charge in [0.15, 0.2) is 0 Å². The molecule has 0 fully saturated rings. The Morgan fingerprint density at radius 3 is 2.28 bits per heavy atom. The Morgan fingerprint density at radius 1 is 0.923 bits per heavy atom. The molecule has 5 aromatic rings. The molecule has 0 spiro atoms. The summed E-state index contributed by atoms with van der Waals surface area (Å²) in [5, 5.41) is 7.18. The van der Waals surface area contributed by atoms with Crippen LogP contribution >= 0.6 is 11.3 Å². The van der Waals surface area contributed by atoms with E-state index in [1.165, 1.54) is 18.5 Å². The Labute approximate surface area is 229 Å². The number of nitrogens with zero attached hydrogens (tertiary/aromatic N) is 2. The number of thiophene rings is 1. The molecule has 2 heterocycles. The van der Waals surface area contributed by atoms with Crippen LogP contribution in [-0.4, -0.2) is 29.1 Å². The molecule has 0 saturated heterocycles. The van der Waals surface area contributed by atoms with Gasteiger partial charge >= 0.3 is 0 Å². The van der Waals surface area contributed by atoms with Crippen molar-refractivity contribution >= 4 is 44.7 Å². The van der Waals surface area contributed by atoms with Gasteiger partial charge in [-0.15, -0.1) is 11.3 Å². The summed E-state index contributed by atoms with van der Waals surface area (Å²) in [7, 11) is 0. The molecule has 198 valence electrons. The van der Waals surface area contributed by atoms with Gasteiger partial charge in [0.1, 0.15) is 34.3 Å². The predicted molar refractivity (Wildman–Crippen MR) is 154 cm³/mol. The third-order valence-electron chi connectivity index (χ3n) is 6.02. The number of anilines is 3. The minimum absolute atomic E-state index is 0.255. The first-order valence-electron chi connectivity index (χ1n) is 12.6.